The number of urea groups is 1. The molecule has 1 aromatic rings. The van der Waals surface area contributed by atoms with Crippen molar-refractivity contribution in [2.75, 3.05) is 24.7 Å². The third-order valence-electron chi connectivity index (χ3n) is 3.89. The number of hydrogen-bond donors (Lipinski definition) is 2. The van der Waals surface area contributed by atoms with E-state index in [0.29, 0.717) is 6.54 Å². The summed E-state index contributed by atoms with van der Waals surface area (Å²) in [5.41, 5.74) is 1.84. The molecule has 116 valence electrons. The Bertz CT molecular complexity index is 487. The summed E-state index contributed by atoms with van der Waals surface area (Å²) in [6, 6.07) is 7.60. The first-order valence-corrected chi connectivity index (χ1v) is 8.32. The van der Waals surface area contributed by atoms with Crippen LogP contribution in [-0.2, 0) is 4.74 Å². The van der Waals surface area contributed by atoms with E-state index >= 15 is 0 Å². The van der Waals surface area contributed by atoms with Gasteiger partial charge in [-0.25, -0.2) is 4.79 Å². The van der Waals surface area contributed by atoms with E-state index in [1.54, 1.807) is 7.11 Å². The predicted molar refractivity (Wildman–Crippen MR) is 89.0 cm³/mol. The number of nitrogens with one attached hydrogen (secondary N) is 2. The molecular weight excluding hydrogens is 284 g/mol. The second-order valence-electron chi connectivity index (χ2n) is 5.71. The number of carbonyl (C=O) groups excluding carboxylic acids is 1. The Kier molecular flexibility index (Phi) is 5.53. The van der Waals surface area contributed by atoms with E-state index in [1.165, 1.54) is 18.6 Å². The molecule has 0 aromatic heterocycles. The normalized spacial score (nSPS) is 22.8. The zero-order chi connectivity index (χ0) is 15.3. The Morgan fingerprint density at radius 1 is 1.52 bits per heavy atom. The van der Waals surface area contributed by atoms with Crippen LogP contribution >= 0.6 is 11.8 Å². The van der Waals surface area contributed by atoms with Gasteiger partial charge in [0.15, 0.2) is 0 Å². The van der Waals surface area contributed by atoms with E-state index < -0.39 is 0 Å². The van der Waals surface area contributed by atoms with E-state index in [9.17, 15) is 4.79 Å². The van der Waals surface area contributed by atoms with E-state index in [-0.39, 0.29) is 16.9 Å². The lowest BCUT2D eigenvalue weighted by atomic mass is 10.1. The van der Waals surface area contributed by atoms with Crippen molar-refractivity contribution in [3.63, 3.8) is 0 Å². The zero-order valence-corrected chi connectivity index (χ0v) is 13.8. The first kappa shape index (κ1) is 16.2. The molecule has 2 N–H and O–H groups in total. The summed E-state index contributed by atoms with van der Waals surface area (Å²) in [6.45, 7) is 4.90. The van der Waals surface area contributed by atoms with Gasteiger partial charge in [0.25, 0.3) is 0 Å². The highest BCUT2D eigenvalue weighted by Gasteiger charge is 2.29. The zero-order valence-electron chi connectivity index (χ0n) is 12.9. The molecule has 0 unspecified atom stereocenters. The Morgan fingerprint density at radius 3 is 3.00 bits per heavy atom. The van der Waals surface area contributed by atoms with Crippen LogP contribution in [0.4, 0.5) is 10.5 Å². The molecule has 21 heavy (non-hydrogen) atoms. The summed E-state index contributed by atoms with van der Waals surface area (Å²) in [4.78, 5) is 12.0. The molecule has 2 amide bonds. The standard InChI is InChI=1S/C16H24N2O2S/c1-12(20-3)13-6-4-7-14(10-13)18-15(19)17-11-16(2)8-5-9-21-16/h4,6-7,10,12H,5,8-9,11H2,1-3H3,(H2,17,18,19)/t12-,16-/m1/s1. The highest BCUT2D eigenvalue weighted by molar-refractivity contribution is 8.00. The van der Waals surface area contributed by atoms with Crippen molar-refractivity contribution in [3.05, 3.63) is 29.8 Å². The SMILES string of the molecule is CO[C@H](C)c1cccc(NC(=O)NC[C@@]2(C)CCCS2)c1. The molecule has 1 fully saturated rings. The highest BCUT2D eigenvalue weighted by atomic mass is 32.2. The number of anilines is 1. The van der Waals surface area contributed by atoms with E-state index in [2.05, 4.69) is 17.6 Å². The summed E-state index contributed by atoms with van der Waals surface area (Å²) in [6.07, 6.45) is 2.42. The molecule has 4 nitrogen and oxygen atoms in total. The summed E-state index contributed by atoms with van der Waals surface area (Å²) in [5.74, 6) is 1.19. The van der Waals surface area contributed by atoms with Crippen LogP contribution in [0.5, 0.6) is 0 Å². The van der Waals surface area contributed by atoms with Crippen LogP contribution in [0.25, 0.3) is 0 Å². The summed E-state index contributed by atoms with van der Waals surface area (Å²) in [5, 5.41) is 5.86. The average molecular weight is 308 g/mol. The van der Waals surface area contributed by atoms with Gasteiger partial charge in [0.05, 0.1) is 6.10 Å². The molecule has 1 aromatic carbocycles. The van der Waals surface area contributed by atoms with Gasteiger partial charge in [0.2, 0.25) is 0 Å². The maximum atomic E-state index is 12.0. The Labute approximate surface area is 131 Å². The van der Waals surface area contributed by atoms with Crippen molar-refractivity contribution in [1.29, 1.82) is 0 Å². The Morgan fingerprint density at radius 2 is 2.33 bits per heavy atom. The smallest absolute Gasteiger partial charge is 0.319 e. The van der Waals surface area contributed by atoms with Crippen LogP contribution in [0.3, 0.4) is 0 Å². The largest absolute Gasteiger partial charge is 0.377 e. The van der Waals surface area contributed by atoms with Crippen LogP contribution in [0, 0.1) is 0 Å². The van der Waals surface area contributed by atoms with Crippen LogP contribution < -0.4 is 10.6 Å². The maximum absolute atomic E-state index is 12.0. The number of carbonyl (C=O) groups is 1. The molecule has 0 bridgehead atoms. The van der Waals surface area contributed by atoms with Crippen LogP contribution in [0.2, 0.25) is 0 Å². The number of methoxy groups -OCH3 is 1. The van der Waals surface area contributed by atoms with Crippen molar-refractivity contribution in [2.24, 2.45) is 0 Å². The Balaban J connectivity index is 1.87. The molecule has 0 radical (unpaired) electrons. The van der Waals surface area contributed by atoms with Crippen LogP contribution in [0.1, 0.15) is 38.4 Å². The second-order valence-corrected chi connectivity index (χ2v) is 7.40. The molecule has 1 aliphatic rings. The molecule has 2 atom stereocenters. The first-order chi connectivity index (χ1) is 10.0. The predicted octanol–water partition coefficient (Wildman–Crippen LogP) is 3.80. The van der Waals surface area contributed by atoms with Gasteiger partial charge in [0, 0.05) is 24.1 Å². The molecular formula is C16H24N2O2S. The topological polar surface area (TPSA) is 50.4 Å². The molecule has 2 rings (SSSR count). The minimum absolute atomic E-state index is 0.0172. The molecule has 1 heterocycles. The number of amides is 2. The van der Waals surface area contributed by atoms with E-state index in [1.807, 2.05) is 43.0 Å². The molecule has 1 aliphatic heterocycles. The lowest BCUT2D eigenvalue weighted by molar-refractivity contribution is 0.119. The van der Waals surface area contributed by atoms with Gasteiger partial charge in [-0.05, 0) is 50.1 Å². The van der Waals surface area contributed by atoms with Gasteiger partial charge in [0.1, 0.15) is 0 Å². The van der Waals surface area contributed by atoms with Crippen molar-refractivity contribution in [1.82, 2.24) is 5.32 Å². The lowest BCUT2D eigenvalue weighted by Crippen LogP contribution is -2.39. The average Bonchev–Trinajstić information content (AvgIpc) is 2.92. The van der Waals surface area contributed by atoms with Crippen LogP contribution in [-0.4, -0.2) is 30.2 Å². The number of ether oxygens (including phenoxy) is 1. The quantitative estimate of drug-likeness (QED) is 0.870. The fourth-order valence-electron chi connectivity index (χ4n) is 2.42. The summed E-state index contributed by atoms with van der Waals surface area (Å²) < 4.78 is 5.48. The maximum Gasteiger partial charge on any atom is 0.319 e. The monoisotopic (exact) mass is 308 g/mol. The Hall–Kier alpha value is -1.20. The second kappa shape index (κ2) is 7.18. The summed E-state index contributed by atoms with van der Waals surface area (Å²) in [7, 11) is 1.68. The fraction of sp³-hybridized carbons (Fsp3) is 0.562. The third-order valence-corrected chi connectivity index (χ3v) is 5.43. The number of hydrogen-bond acceptors (Lipinski definition) is 3. The molecule has 1 saturated heterocycles. The van der Waals surface area contributed by atoms with Crippen molar-refractivity contribution in [3.8, 4) is 0 Å². The third kappa shape index (κ3) is 4.64. The van der Waals surface area contributed by atoms with Gasteiger partial charge < -0.3 is 15.4 Å². The van der Waals surface area contributed by atoms with Gasteiger partial charge in [-0.3, -0.25) is 0 Å². The minimum atomic E-state index is -0.147. The molecule has 5 heteroatoms. The fourth-order valence-corrected chi connectivity index (χ4v) is 3.67. The van der Waals surface area contributed by atoms with Crippen molar-refractivity contribution >= 4 is 23.5 Å². The van der Waals surface area contributed by atoms with Crippen molar-refractivity contribution < 1.29 is 9.53 Å². The van der Waals surface area contributed by atoms with Gasteiger partial charge >= 0.3 is 6.03 Å². The first-order valence-electron chi connectivity index (χ1n) is 7.34. The minimum Gasteiger partial charge on any atom is -0.377 e. The molecule has 0 saturated carbocycles. The van der Waals surface area contributed by atoms with Gasteiger partial charge in [-0.1, -0.05) is 12.1 Å². The lowest BCUT2D eigenvalue weighted by Gasteiger charge is -2.23. The van der Waals surface area contributed by atoms with E-state index in [4.69, 9.17) is 4.74 Å². The highest BCUT2D eigenvalue weighted by Crippen LogP contribution is 2.36. The van der Waals surface area contributed by atoms with Crippen LogP contribution in [0.15, 0.2) is 24.3 Å². The van der Waals surface area contributed by atoms with E-state index in [0.717, 1.165) is 11.3 Å². The summed E-state index contributed by atoms with van der Waals surface area (Å²) >= 11 is 1.94. The van der Waals surface area contributed by atoms with Gasteiger partial charge in [-0.15, -0.1) is 0 Å². The molecule has 0 aliphatic carbocycles. The number of thioether (sulfide) groups is 1. The molecule has 0 spiro atoms. The number of benzene rings is 1. The van der Waals surface area contributed by atoms with Gasteiger partial charge in [-0.2, -0.15) is 11.8 Å². The van der Waals surface area contributed by atoms with Crippen molar-refractivity contribution in [2.45, 2.75) is 37.5 Å². The number of rotatable bonds is 5.